The first-order valence-electron chi connectivity index (χ1n) is 9.20. The van der Waals surface area contributed by atoms with Crippen molar-refractivity contribution in [2.75, 3.05) is 17.4 Å². The number of H-pyrrole nitrogens is 1. The smallest absolute Gasteiger partial charge is 0.326 e. The zero-order valence-electron chi connectivity index (χ0n) is 16.6. The minimum Gasteiger partial charge on any atom is -0.506 e. The molecule has 2 amide bonds. The van der Waals surface area contributed by atoms with Gasteiger partial charge in [-0.1, -0.05) is 13.8 Å². The summed E-state index contributed by atoms with van der Waals surface area (Å²) in [6, 6.07) is 2.13. The third-order valence-corrected chi connectivity index (χ3v) is 6.01. The van der Waals surface area contributed by atoms with Gasteiger partial charge in [0.15, 0.2) is 11.5 Å². The SMILES string of the molecule is Cc1c(C(=O)NCCC(C)C)n[nH]c1-c1cc(O)c(N2CC(=O)NS2(=O)=O)c(F)c1. The molecule has 0 saturated carbocycles. The number of nitrogens with zero attached hydrogens (tertiary/aromatic N) is 2. The highest BCUT2D eigenvalue weighted by Gasteiger charge is 2.37. The summed E-state index contributed by atoms with van der Waals surface area (Å²) in [6.07, 6.45) is 0.805. The summed E-state index contributed by atoms with van der Waals surface area (Å²) in [4.78, 5) is 23.7. The van der Waals surface area contributed by atoms with Crippen LogP contribution in [-0.4, -0.2) is 48.6 Å². The number of hydrogen-bond acceptors (Lipinski definition) is 6. The summed E-state index contributed by atoms with van der Waals surface area (Å²) < 4.78 is 40.8. The Bertz CT molecular complexity index is 1090. The van der Waals surface area contributed by atoms with Crippen molar-refractivity contribution in [3.05, 3.63) is 29.2 Å². The minimum absolute atomic E-state index is 0.134. The normalized spacial score (nSPS) is 15.5. The zero-order chi connectivity index (χ0) is 22.2. The lowest BCUT2D eigenvalue weighted by Crippen LogP contribution is -2.30. The predicted molar refractivity (Wildman–Crippen MR) is 107 cm³/mol. The Hall–Kier alpha value is -3.15. The van der Waals surface area contributed by atoms with E-state index >= 15 is 0 Å². The van der Waals surface area contributed by atoms with E-state index in [2.05, 4.69) is 15.5 Å². The lowest BCUT2D eigenvalue weighted by molar-refractivity contribution is -0.117. The fourth-order valence-corrected chi connectivity index (χ4v) is 4.25. The molecule has 0 unspecified atom stereocenters. The second kappa shape index (κ2) is 7.94. The van der Waals surface area contributed by atoms with Crippen molar-refractivity contribution < 1.29 is 27.5 Å². The monoisotopic (exact) mass is 439 g/mol. The maximum Gasteiger partial charge on any atom is 0.326 e. The molecule has 0 radical (unpaired) electrons. The number of aromatic nitrogens is 2. The van der Waals surface area contributed by atoms with Crippen molar-refractivity contribution in [1.29, 1.82) is 0 Å². The number of phenols is 1. The number of carbonyl (C=O) groups excluding carboxylic acids is 2. The topological polar surface area (TPSA) is 144 Å². The van der Waals surface area contributed by atoms with E-state index < -0.39 is 39.9 Å². The Morgan fingerprint density at radius 2 is 2.10 bits per heavy atom. The quantitative estimate of drug-likeness (QED) is 0.532. The van der Waals surface area contributed by atoms with Gasteiger partial charge < -0.3 is 10.4 Å². The third-order valence-electron chi connectivity index (χ3n) is 4.63. The Morgan fingerprint density at radius 1 is 1.40 bits per heavy atom. The van der Waals surface area contributed by atoms with Gasteiger partial charge in [-0.25, -0.2) is 13.4 Å². The van der Waals surface area contributed by atoms with Crippen LogP contribution in [-0.2, 0) is 15.0 Å². The van der Waals surface area contributed by atoms with Crippen LogP contribution in [0, 0.1) is 18.7 Å². The third kappa shape index (κ3) is 4.08. The summed E-state index contributed by atoms with van der Waals surface area (Å²) in [7, 11) is -4.28. The summed E-state index contributed by atoms with van der Waals surface area (Å²) >= 11 is 0. The first-order valence-corrected chi connectivity index (χ1v) is 10.6. The fourth-order valence-electron chi connectivity index (χ4n) is 3.08. The molecule has 12 heteroatoms. The Balaban J connectivity index is 1.90. The molecule has 0 spiro atoms. The maximum absolute atomic E-state index is 14.7. The molecule has 0 bridgehead atoms. The molecule has 10 nitrogen and oxygen atoms in total. The number of carbonyl (C=O) groups is 2. The van der Waals surface area contributed by atoms with E-state index in [4.69, 9.17) is 0 Å². The van der Waals surface area contributed by atoms with E-state index in [1.165, 1.54) is 0 Å². The van der Waals surface area contributed by atoms with Gasteiger partial charge in [-0.3, -0.25) is 14.7 Å². The van der Waals surface area contributed by atoms with Crippen LogP contribution in [0.5, 0.6) is 5.75 Å². The number of aromatic amines is 1. The maximum atomic E-state index is 14.7. The summed E-state index contributed by atoms with van der Waals surface area (Å²) in [5, 5.41) is 19.7. The molecule has 3 rings (SSSR count). The molecule has 30 heavy (non-hydrogen) atoms. The second-order valence-electron chi connectivity index (χ2n) is 7.37. The van der Waals surface area contributed by atoms with E-state index in [-0.39, 0.29) is 17.2 Å². The van der Waals surface area contributed by atoms with Crippen LogP contribution >= 0.6 is 0 Å². The van der Waals surface area contributed by atoms with E-state index in [9.17, 15) is 27.5 Å². The molecule has 1 aliphatic rings. The van der Waals surface area contributed by atoms with Crippen LogP contribution in [0.25, 0.3) is 11.3 Å². The molecule has 1 aliphatic heterocycles. The molecule has 1 fully saturated rings. The molecule has 2 aromatic rings. The van der Waals surface area contributed by atoms with Gasteiger partial charge >= 0.3 is 10.2 Å². The van der Waals surface area contributed by atoms with Crippen molar-refractivity contribution in [2.24, 2.45) is 5.92 Å². The predicted octanol–water partition coefficient (Wildman–Crippen LogP) is 1.19. The van der Waals surface area contributed by atoms with Crippen molar-refractivity contribution in [1.82, 2.24) is 20.2 Å². The Labute approximate surface area is 172 Å². The molecule has 162 valence electrons. The van der Waals surface area contributed by atoms with Crippen LogP contribution < -0.4 is 14.3 Å². The molecular formula is C18H22FN5O5S. The fraction of sp³-hybridized carbons (Fsp3) is 0.389. The summed E-state index contributed by atoms with van der Waals surface area (Å²) in [6.45, 7) is 5.53. The molecule has 1 aromatic carbocycles. The molecule has 4 N–H and O–H groups in total. The lowest BCUT2D eigenvalue weighted by atomic mass is 10.0. The van der Waals surface area contributed by atoms with Crippen LogP contribution in [0.2, 0.25) is 0 Å². The minimum atomic E-state index is -4.28. The number of nitrogens with one attached hydrogen (secondary N) is 3. The zero-order valence-corrected chi connectivity index (χ0v) is 17.4. The van der Waals surface area contributed by atoms with E-state index in [0.29, 0.717) is 28.0 Å². The second-order valence-corrected chi connectivity index (χ2v) is 8.97. The highest BCUT2D eigenvalue weighted by atomic mass is 32.2. The van der Waals surface area contributed by atoms with E-state index in [0.717, 1.165) is 18.6 Å². The first-order chi connectivity index (χ1) is 14.0. The Kier molecular flexibility index (Phi) is 5.70. The lowest BCUT2D eigenvalue weighted by Gasteiger charge is -2.17. The van der Waals surface area contributed by atoms with Gasteiger partial charge in [0.1, 0.15) is 18.0 Å². The van der Waals surface area contributed by atoms with E-state index in [1.807, 2.05) is 13.8 Å². The highest BCUT2D eigenvalue weighted by molar-refractivity contribution is 7.92. The number of hydrogen-bond donors (Lipinski definition) is 4. The van der Waals surface area contributed by atoms with Crippen LogP contribution in [0.1, 0.15) is 36.3 Å². The van der Waals surface area contributed by atoms with Gasteiger partial charge in [0.2, 0.25) is 0 Å². The molecule has 1 saturated heterocycles. The number of amides is 2. The van der Waals surface area contributed by atoms with E-state index in [1.54, 1.807) is 11.6 Å². The number of rotatable bonds is 6. The molecular weight excluding hydrogens is 417 g/mol. The summed E-state index contributed by atoms with van der Waals surface area (Å²) in [5.74, 6) is -2.53. The largest absolute Gasteiger partial charge is 0.506 e. The standard InChI is InChI=1S/C18H22FN5O5S/c1-9(2)4-5-20-18(27)16-10(3)15(21-22-16)11-6-12(19)17(13(25)7-11)24-8-14(26)23-30(24,28)29/h6-7,9,25H,4-5,8H2,1-3H3,(H,20,27)(H,21,22)(H,23,26). The number of phenolic OH excluding ortho intramolecular Hbond substituents is 1. The van der Waals surface area contributed by atoms with Gasteiger partial charge in [0.05, 0.1) is 5.69 Å². The van der Waals surface area contributed by atoms with Gasteiger partial charge in [-0.15, -0.1) is 0 Å². The first kappa shape index (κ1) is 21.6. The van der Waals surface area contributed by atoms with Crippen molar-refractivity contribution in [2.45, 2.75) is 27.2 Å². The number of aromatic hydroxyl groups is 1. The molecule has 0 atom stereocenters. The van der Waals surface area contributed by atoms with Crippen molar-refractivity contribution >= 4 is 27.7 Å². The van der Waals surface area contributed by atoms with Gasteiger partial charge in [-0.05, 0) is 31.4 Å². The average molecular weight is 439 g/mol. The summed E-state index contributed by atoms with van der Waals surface area (Å²) in [5.41, 5.74) is 0.393. The number of benzene rings is 1. The number of anilines is 1. The number of halogens is 1. The van der Waals surface area contributed by atoms with Gasteiger partial charge in [-0.2, -0.15) is 13.5 Å². The Morgan fingerprint density at radius 3 is 2.67 bits per heavy atom. The molecule has 0 aliphatic carbocycles. The van der Waals surface area contributed by atoms with Crippen molar-refractivity contribution in [3.8, 4) is 17.0 Å². The average Bonchev–Trinajstić information content (AvgIpc) is 3.12. The van der Waals surface area contributed by atoms with Gasteiger partial charge in [0.25, 0.3) is 11.8 Å². The highest BCUT2D eigenvalue weighted by Crippen LogP contribution is 2.37. The molecule has 1 aromatic heterocycles. The van der Waals surface area contributed by atoms with Crippen LogP contribution in [0.3, 0.4) is 0 Å². The van der Waals surface area contributed by atoms with Crippen LogP contribution in [0.4, 0.5) is 10.1 Å². The van der Waals surface area contributed by atoms with Crippen molar-refractivity contribution in [3.63, 3.8) is 0 Å². The van der Waals surface area contributed by atoms with Crippen LogP contribution in [0.15, 0.2) is 12.1 Å². The van der Waals surface area contributed by atoms with Gasteiger partial charge in [0, 0.05) is 17.7 Å². The molecule has 2 heterocycles.